The summed E-state index contributed by atoms with van der Waals surface area (Å²) in [4.78, 5) is 14.8. The Labute approximate surface area is 98.0 Å². The maximum atomic E-state index is 10.6. The zero-order valence-electron chi connectivity index (χ0n) is 10.6. The second-order valence-corrected chi connectivity index (χ2v) is 10.1. The van der Waals surface area contributed by atoms with Gasteiger partial charge in [0.05, 0.1) is 0 Å². The molecule has 0 spiro atoms. The van der Waals surface area contributed by atoms with Crippen LogP contribution in [0.1, 0.15) is 31.1 Å². The molecular formula is C12H19NO2Si. The van der Waals surface area contributed by atoms with E-state index in [1.807, 2.05) is 0 Å². The van der Waals surface area contributed by atoms with E-state index in [2.05, 4.69) is 38.8 Å². The summed E-state index contributed by atoms with van der Waals surface area (Å²) >= 11 is 0. The maximum absolute atomic E-state index is 10.6. The lowest BCUT2D eigenvalue weighted by molar-refractivity contribution is 0.112. The fourth-order valence-corrected chi connectivity index (χ4v) is 1.91. The highest BCUT2D eigenvalue weighted by molar-refractivity contribution is 6.74. The van der Waals surface area contributed by atoms with Crippen LogP contribution in [0.2, 0.25) is 18.1 Å². The minimum absolute atomic E-state index is 0.131. The second-order valence-electron chi connectivity index (χ2n) is 5.41. The Balaban J connectivity index is 2.92. The Morgan fingerprint density at radius 2 is 2.00 bits per heavy atom. The number of carbonyl (C=O) groups excluding carboxylic acids is 1. The molecule has 4 heteroatoms. The highest BCUT2D eigenvalue weighted by Crippen LogP contribution is 2.36. The van der Waals surface area contributed by atoms with Crippen LogP contribution in [-0.2, 0) is 0 Å². The fraction of sp³-hybridized carbons (Fsp3) is 0.500. The van der Waals surface area contributed by atoms with Crippen LogP contribution in [0.3, 0.4) is 0 Å². The SMILES string of the molecule is CC(C)(C)[Si](C)(C)Oc1cc(C=O)ccn1. The summed E-state index contributed by atoms with van der Waals surface area (Å²) in [6.07, 6.45) is 2.41. The fourth-order valence-electron chi connectivity index (χ4n) is 0.968. The minimum atomic E-state index is -1.86. The van der Waals surface area contributed by atoms with Gasteiger partial charge in [-0.25, -0.2) is 4.98 Å². The Morgan fingerprint density at radius 3 is 2.50 bits per heavy atom. The quantitative estimate of drug-likeness (QED) is 0.598. The van der Waals surface area contributed by atoms with Crippen molar-refractivity contribution in [2.75, 3.05) is 0 Å². The molecule has 0 fully saturated rings. The van der Waals surface area contributed by atoms with Gasteiger partial charge in [-0.2, -0.15) is 0 Å². The van der Waals surface area contributed by atoms with E-state index in [-0.39, 0.29) is 5.04 Å². The lowest BCUT2D eigenvalue weighted by Gasteiger charge is -2.35. The minimum Gasteiger partial charge on any atom is -0.531 e. The largest absolute Gasteiger partial charge is 0.531 e. The Hall–Kier alpha value is -1.16. The monoisotopic (exact) mass is 237 g/mol. The summed E-state index contributed by atoms with van der Waals surface area (Å²) < 4.78 is 5.98. The second kappa shape index (κ2) is 4.37. The van der Waals surface area contributed by atoms with Crippen molar-refractivity contribution in [1.29, 1.82) is 0 Å². The molecule has 16 heavy (non-hydrogen) atoms. The smallest absolute Gasteiger partial charge is 0.252 e. The van der Waals surface area contributed by atoms with Crippen LogP contribution in [-0.4, -0.2) is 19.6 Å². The molecule has 0 unspecified atom stereocenters. The molecule has 1 rings (SSSR count). The van der Waals surface area contributed by atoms with Crippen molar-refractivity contribution in [3.8, 4) is 5.88 Å². The molecule has 3 nitrogen and oxygen atoms in total. The van der Waals surface area contributed by atoms with Crippen molar-refractivity contribution < 1.29 is 9.22 Å². The van der Waals surface area contributed by atoms with Gasteiger partial charge in [-0.1, -0.05) is 20.8 Å². The van der Waals surface area contributed by atoms with Gasteiger partial charge in [0.15, 0.2) is 5.88 Å². The number of hydrogen-bond donors (Lipinski definition) is 0. The third-order valence-electron chi connectivity index (χ3n) is 3.06. The molecule has 1 aromatic rings. The average molecular weight is 237 g/mol. The number of carbonyl (C=O) groups is 1. The van der Waals surface area contributed by atoms with Gasteiger partial charge in [-0.15, -0.1) is 0 Å². The van der Waals surface area contributed by atoms with Gasteiger partial charge < -0.3 is 4.43 Å². The molecule has 0 aromatic carbocycles. The van der Waals surface area contributed by atoms with Gasteiger partial charge in [-0.3, -0.25) is 4.79 Å². The summed E-state index contributed by atoms with van der Waals surface area (Å²) in [5, 5.41) is 0.131. The Bertz CT molecular complexity index is 383. The van der Waals surface area contributed by atoms with E-state index >= 15 is 0 Å². The van der Waals surface area contributed by atoms with Gasteiger partial charge in [-0.05, 0) is 24.2 Å². The molecular weight excluding hydrogens is 218 g/mol. The molecule has 0 aliphatic rings. The molecule has 0 amide bonds. The van der Waals surface area contributed by atoms with Crippen LogP contribution >= 0.6 is 0 Å². The molecule has 0 aliphatic heterocycles. The van der Waals surface area contributed by atoms with Gasteiger partial charge in [0.25, 0.3) is 8.32 Å². The molecule has 88 valence electrons. The Kier molecular flexibility index (Phi) is 3.53. The first-order valence-corrected chi connectivity index (χ1v) is 8.27. The summed E-state index contributed by atoms with van der Waals surface area (Å²) in [6.45, 7) is 10.8. The van der Waals surface area contributed by atoms with Crippen LogP contribution in [0.15, 0.2) is 18.3 Å². The number of pyridine rings is 1. The van der Waals surface area contributed by atoms with Crippen molar-refractivity contribution in [2.45, 2.75) is 38.9 Å². The number of hydrogen-bond acceptors (Lipinski definition) is 3. The van der Waals surface area contributed by atoms with Crippen LogP contribution in [0.4, 0.5) is 0 Å². The molecule has 0 atom stereocenters. The zero-order chi connectivity index (χ0) is 12.4. The predicted octanol–water partition coefficient (Wildman–Crippen LogP) is 3.28. The van der Waals surface area contributed by atoms with E-state index in [0.29, 0.717) is 11.4 Å². The zero-order valence-corrected chi connectivity index (χ0v) is 11.6. The molecule has 0 radical (unpaired) electrons. The lowest BCUT2D eigenvalue weighted by Crippen LogP contribution is -2.44. The molecule has 0 bridgehead atoms. The van der Waals surface area contributed by atoms with Crippen molar-refractivity contribution in [1.82, 2.24) is 4.98 Å². The predicted molar refractivity (Wildman–Crippen MR) is 67.4 cm³/mol. The number of nitrogens with zero attached hydrogens (tertiary/aromatic N) is 1. The summed E-state index contributed by atoms with van der Waals surface area (Å²) in [5.74, 6) is 0.552. The highest BCUT2D eigenvalue weighted by Gasteiger charge is 2.39. The normalized spacial score (nSPS) is 12.3. The van der Waals surface area contributed by atoms with Crippen molar-refractivity contribution in [3.05, 3.63) is 23.9 Å². The van der Waals surface area contributed by atoms with Gasteiger partial charge in [0.1, 0.15) is 6.29 Å². The topological polar surface area (TPSA) is 39.2 Å². The number of aldehydes is 1. The molecule has 0 N–H and O–H groups in total. The van der Waals surface area contributed by atoms with E-state index in [0.717, 1.165) is 6.29 Å². The van der Waals surface area contributed by atoms with E-state index < -0.39 is 8.32 Å². The van der Waals surface area contributed by atoms with E-state index in [9.17, 15) is 4.79 Å². The van der Waals surface area contributed by atoms with E-state index in [1.165, 1.54) is 0 Å². The first-order chi connectivity index (χ1) is 7.26. The highest BCUT2D eigenvalue weighted by atomic mass is 28.4. The molecule has 0 saturated carbocycles. The van der Waals surface area contributed by atoms with Crippen LogP contribution in [0.25, 0.3) is 0 Å². The van der Waals surface area contributed by atoms with Crippen LogP contribution < -0.4 is 4.43 Å². The maximum Gasteiger partial charge on any atom is 0.252 e. The standard InChI is InChI=1S/C12H19NO2Si/c1-12(2,3)16(4,5)15-11-8-10(9-14)6-7-13-11/h6-9H,1-5H3. The van der Waals surface area contributed by atoms with Crippen LogP contribution in [0.5, 0.6) is 5.88 Å². The van der Waals surface area contributed by atoms with Gasteiger partial charge in [0.2, 0.25) is 0 Å². The Morgan fingerprint density at radius 1 is 1.38 bits per heavy atom. The van der Waals surface area contributed by atoms with Gasteiger partial charge >= 0.3 is 0 Å². The third kappa shape index (κ3) is 2.92. The third-order valence-corrected chi connectivity index (χ3v) is 7.39. The molecule has 0 aliphatic carbocycles. The van der Waals surface area contributed by atoms with Crippen molar-refractivity contribution >= 4 is 14.6 Å². The molecule has 1 aromatic heterocycles. The van der Waals surface area contributed by atoms with E-state index in [4.69, 9.17) is 4.43 Å². The number of aromatic nitrogens is 1. The van der Waals surface area contributed by atoms with E-state index in [1.54, 1.807) is 18.3 Å². The van der Waals surface area contributed by atoms with Gasteiger partial charge in [0, 0.05) is 17.8 Å². The molecule has 0 saturated heterocycles. The first kappa shape index (κ1) is 12.9. The van der Waals surface area contributed by atoms with Crippen molar-refractivity contribution in [3.63, 3.8) is 0 Å². The number of rotatable bonds is 3. The summed E-state index contributed by atoms with van der Waals surface area (Å²) in [5.41, 5.74) is 0.601. The first-order valence-electron chi connectivity index (χ1n) is 5.36. The van der Waals surface area contributed by atoms with Crippen LogP contribution in [0, 0.1) is 0 Å². The summed E-state index contributed by atoms with van der Waals surface area (Å²) in [6, 6.07) is 3.36. The lowest BCUT2D eigenvalue weighted by atomic mass is 10.2. The average Bonchev–Trinajstić information content (AvgIpc) is 2.15. The van der Waals surface area contributed by atoms with Crippen molar-refractivity contribution in [2.24, 2.45) is 0 Å². The summed E-state index contributed by atoms with van der Waals surface area (Å²) in [7, 11) is -1.86. The molecule has 1 heterocycles.